The normalized spacial score (nSPS) is 18.1. The molecule has 2 aromatic heterocycles. The van der Waals surface area contributed by atoms with E-state index < -0.39 is 0 Å². The molecule has 4 heteroatoms. The van der Waals surface area contributed by atoms with Crippen LogP contribution < -0.4 is 10.2 Å². The second kappa shape index (κ2) is 4.00. The zero-order chi connectivity index (χ0) is 13.7. The molecule has 4 nitrogen and oxygen atoms in total. The molecular formula is C16H15N3O. The van der Waals surface area contributed by atoms with Crippen molar-refractivity contribution in [2.24, 2.45) is 0 Å². The molecule has 0 saturated carbocycles. The van der Waals surface area contributed by atoms with Gasteiger partial charge in [-0.3, -0.25) is 0 Å². The fourth-order valence-electron chi connectivity index (χ4n) is 2.82. The van der Waals surface area contributed by atoms with Gasteiger partial charge in [-0.25, -0.2) is 4.98 Å². The summed E-state index contributed by atoms with van der Waals surface area (Å²) in [5.41, 5.74) is 3.89. The van der Waals surface area contributed by atoms with Crippen LogP contribution in [0.15, 0.2) is 47.3 Å². The van der Waals surface area contributed by atoms with Crippen molar-refractivity contribution in [2.75, 3.05) is 4.90 Å². The number of pyridine rings is 1. The molecule has 100 valence electrons. The van der Waals surface area contributed by atoms with Crippen molar-refractivity contribution >= 4 is 27.8 Å². The van der Waals surface area contributed by atoms with E-state index in [0.717, 1.165) is 22.0 Å². The third kappa shape index (κ3) is 1.45. The van der Waals surface area contributed by atoms with Gasteiger partial charge < -0.3 is 14.6 Å². The fourth-order valence-corrected chi connectivity index (χ4v) is 2.82. The summed E-state index contributed by atoms with van der Waals surface area (Å²) < 4.78 is 6.01. The summed E-state index contributed by atoms with van der Waals surface area (Å²) >= 11 is 0. The monoisotopic (exact) mass is 265 g/mol. The highest BCUT2D eigenvalue weighted by molar-refractivity contribution is 6.08. The summed E-state index contributed by atoms with van der Waals surface area (Å²) in [5, 5.41) is 5.46. The van der Waals surface area contributed by atoms with Crippen LogP contribution in [0, 0.1) is 6.92 Å². The standard InChI is InChI=1S/C16H15N3O/c1-10-5-6-12-13-4-3-7-18-16(13)20-15(12)14(10)19-9-8-17-11(19)2/h3-9,11,17H,1-2H3/t11-/m0/s1. The summed E-state index contributed by atoms with van der Waals surface area (Å²) in [6.45, 7) is 4.23. The molecule has 0 unspecified atom stereocenters. The number of anilines is 1. The molecule has 1 atom stereocenters. The van der Waals surface area contributed by atoms with E-state index in [4.69, 9.17) is 4.42 Å². The van der Waals surface area contributed by atoms with E-state index in [1.807, 2.05) is 18.5 Å². The van der Waals surface area contributed by atoms with Gasteiger partial charge in [0, 0.05) is 29.4 Å². The minimum Gasteiger partial charge on any atom is -0.435 e. The summed E-state index contributed by atoms with van der Waals surface area (Å²) in [5.74, 6) is 0. The maximum absolute atomic E-state index is 6.01. The summed E-state index contributed by atoms with van der Waals surface area (Å²) in [4.78, 5) is 6.51. The third-order valence-corrected chi connectivity index (χ3v) is 3.84. The van der Waals surface area contributed by atoms with E-state index in [0.29, 0.717) is 5.71 Å². The first kappa shape index (κ1) is 11.3. The maximum Gasteiger partial charge on any atom is 0.227 e. The lowest BCUT2D eigenvalue weighted by molar-refractivity contribution is 0.641. The summed E-state index contributed by atoms with van der Waals surface area (Å²) in [6, 6.07) is 8.24. The van der Waals surface area contributed by atoms with Gasteiger partial charge in [0.1, 0.15) is 6.17 Å². The summed E-state index contributed by atoms with van der Waals surface area (Å²) in [7, 11) is 0. The number of nitrogens with zero attached hydrogens (tertiary/aromatic N) is 2. The zero-order valence-corrected chi connectivity index (χ0v) is 11.4. The lowest BCUT2D eigenvalue weighted by atomic mass is 10.1. The van der Waals surface area contributed by atoms with Crippen molar-refractivity contribution in [1.29, 1.82) is 0 Å². The van der Waals surface area contributed by atoms with E-state index in [-0.39, 0.29) is 6.17 Å². The molecule has 0 fully saturated rings. The zero-order valence-electron chi connectivity index (χ0n) is 11.4. The molecule has 3 heterocycles. The highest BCUT2D eigenvalue weighted by atomic mass is 16.3. The second-order valence-electron chi connectivity index (χ2n) is 5.13. The Bertz CT molecular complexity index is 834. The topological polar surface area (TPSA) is 41.3 Å². The SMILES string of the molecule is Cc1ccc2c(oc3ncccc32)c1N1C=CN[C@@H]1C. The molecule has 4 rings (SSSR count). The fraction of sp³-hybridized carbons (Fsp3) is 0.188. The van der Waals surface area contributed by atoms with Gasteiger partial charge in [0.25, 0.3) is 0 Å². The number of aryl methyl sites for hydroxylation is 1. The lowest BCUT2D eigenvalue weighted by Crippen LogP contribution is -2.32. The van der Waals surface area contributed by atoms with Gasteiger partial charge in [-0.2, -0.15) is 0 Å². The van der Waals surface area contributed by atoms with Gasteiger partial charge in [-0.15, -0.1) is 0 Å². The van der Waals surface area contributed by atoms with Gasteiger partial charge in [-0.05, 0) is 31.5 Å². The number of hydrogen-bond acceptors (Lipinski definition) is 4. The second-order valence-corrected chi connectivity index (χ2v) is 5.13. The Kier molecular flexibility index (Phi) is 2.27. The molecule has 1 N–H and O–H groups in total. The van der Waals surface area contributed by atoms with Gasteiger partial charge in [0.2, 0.25) is 5.71 Å². The largest absolute Gasteiger partial charge is 0.435 e. The van der Waals surface area contributed by atoms with Gasteiger partial charge in [0.15, 0.2) is 5.58 Å². The van der Waals surface area contributed by atoms with E-state index >= 15 is 0 Å². The molecule has 20 heavy (non-hydrogen) atoms. The lowest BCUT2D eigenvalue weighted by Gasteiger charge is -2.24. The van der Waals surface area contributed by atoms with Crippen LogP contribution in [0.25, 0.3) is 22.1 Å². The molecule has 0 aliphatic carbocycles. The minimum atomic E-state index is 0.223. The Labute approximate surface area is 116 Å². The Morgan fingerprint density at radius 1 is 1.25 bits per heavy atom. The van der Waals surface area contributed by atoms with E-state index in [2.05, 4.69) is 47.2 Å². The smallest absolute Gasteiger partial charge is 0.227 e. The average molecular weight is 265 g/mol. The molecule has 0 amide bonds. The number of rotatable bonds is 1. The number of fused-ring (bicyclic) bond motifs is 3. The van der Waals surface area contributed by atoms with Crippen LogP contribution in [0.5, 0.6) is 0 Å². The van der Waals surface area contributed by atoms with E-state index in [1.54, 1.807) is 6.20 Å². The number of aromatic nitrogens is 1. The number of benzene rings is 1. The van der Waals surface area contributed by atoms with Crippen molar-refractivity contribution in [3.05, 3.63) is 48.4 Å². The first-order valence-electron chi connectivity index (χ1n) is 6.73. The van der Waals surface area contributed by atoms with E-state index in [1.165, 1.54) is 5.56 Å². The quantitative estimate of drug-likeness (QED) is 0.731. The average Bonchev–Trinajstić information content (AvgIpc) is 3.02. The number of nitrogens with one attached hydrogen (secondary N) is 1. The number of furan rings is 1. The molecule has 1 aliphatic rings. The third-order valence-electron chi connectivity index (χ3n) is 3.84. The maximum atomic E-state index is 6.01. The predicted octanol–water partition coefficient (Wildman–Crippen LogP) is 3.52. The molecule has 0 spiro atoms. The predicted molar refractivity (Wildman–Crippen MR) is 80.5 cm³/mol. The minimum absolute atomic E-state index is 0.223. The van der Waals surface area contributed by atoms with Crippen molar-refractivity contribution < 1.29 is 4.42 Å². The molecule has 1 aliphatic heterocycles. The molecule has 0 saturated heterocycles. The Hall–Kier alpha value is -2.49. The van der Waals surface area contributed by atoms with Crippen LogP contribution in [0.3, 0.4) is 0 Å². The van der Waals surface area contributed by atoms with Crippen molar-refractivity contribution in [2.45, 2.75) is 20.0 Å². The van der Waals surface area contributed by atoms with Crippen molar-refractivity contribution in [3.8, 4) is 0 Å². The number of hydrogen-bond donors (Lipinski definition) is 1. The molecule has 0 radical (unpaired) electrons. The first-order valence-corrected chi connectivity index (χ1v) is 6.73. The first-order chi connectivity index (χ1) is 9.75. The van der Waals surface area contributed by atoms with Gasteiger partial charge in [0.05, 0.1) is 5.69 Å². The molecule has 1 aromatic carbocycles. The van der Waals surface area contributed by atoms with Crippen LogP contribution in [0.4, 0.5) is 5.69 Å². The van der Waals surface area contributed by atoms with Crippen LogP contribution in [-0.2, 0) is 0 Å². The highest BCUT2D eigenvalue weighted by Crippen LogP contribution is 2.37. The van der Waals surface area contributed by atoms with Crippen molar-refractivity contribution in [1.82, 2.24) is 10.3 Å². The van der Waals surface area contributed by atoms with Gasteiger partial charge >= 0.3 is 0 Å². The van der Waals surface area contributed by atoms with Crippen LogP contribution in [0.1, 0.15) is 12.5 Å². The van der Waals surface area contributed by atoms with Crippen LogP contribution in [-0.4, -0.2) is 11.1 Å². The van der Waals surface area contributed by atoms with Crippen molar-refractivity contribution in [3.63, 3.8) is 0 Å². The Morgan fingerprint density at radius 2 is 2.15 bits per heavy atom. The van der Waals surface area contributed by atoms with Crippen LogP contribution in [0.2, 0.25) is 0 Å². The summed E-state index contributed by atoms with van der Waals surface area (Å²) in [6.07, 6.45) is 5.99. The van der Waals surface area contributed by atoms with Crippen LogP contribution >= 0.6 is 0 Å². The Morgan fingerprint density at radius 3 is 2.95 bits per heavy atom. The molecular weight excluding hydrogens is 250 g/mol. The van der Waals surface area contributed by atoms with Gasteiger partial charge in [-0.1, -0.05) is 12.1 Å². The molecule has 3 aromatic rings. The highest BCUT2D eigenvalue weighted by Gasteiger charge is 2.22. The Balaban J connectivity index is 2.08. The molecule has 0 bridgehead atoms. The van der Waals surface area contributed by atoms with E-state index in [9.17, 15) is 0 Å².